The monoisotopic (exact) mass is 698 g/mol. The molecule has 9 rings (SSSR count). The number of rotatable bonds is 6. The molecule has 0 spiro atoms. The number of furan rings is 1. The quantitative estimate of drug-likeness (QED) is 0.170. The molecule has 54 heavy (non-hydrogen) atoms. The second-order valence-electron chi connectivity index (χ2n) is 13.0. The molecule has 0 saturated heterocycles. The lowest BCUT2D eigenvalue weighted by Crippen LogP contribution is -2.01. The van der Waals surface area contributed by atoms with Gasteiger partial charge in [0.2, 0.25) is 0 Å². The molecule has 1 heterocycles. The van der Waals surface area contributed by atoms with Gasteiger partial charge < -0.3 is 10.2 Å². The molecule has 0 bridgehead atoms. The molecule has 8 aromatic carbocycles. The van der Waals surface area contributed by atoms with E-state index in [1.54, 1.807) is 0 Å². The van der Waals surface area contributed by atoms with Gasteiger partial charge in [-0.2, -0.15) is 0 Å². The summed E-state index contributed by atoms with van der Waals surface area (Å²) in [6.45, 7) is 2.08. The predicted molar refractivity (Wildman–Crippen MR) is 229 cm³/mol. The van der Waals surface area contributed by atoms with Crippen LogP contribution in [0.1, 0.15) is 16.7 Å². The number of benzene rings is 8. The van der Waals surface area contributed by atoms with Gasteiger partial charge in [0, 0.05) is 21.9 Å². The number of hydrogen-bond acceptors (Lipinski definition) is 3. The first-order chi connectivity index (χ1) is 26.6. The minimum atomic E-state index is 0.487. The van der Waals surface area contributed by atoms with Gasteiger partial charge >= 0.3 is 0 Å². The maximum atomic E-state index is 9.06. The van der Waals surface area contributed by atoms with E-state index in [1.807, 2.05) is 66.7 Å². The van der Waals surface area contributed by atoms with Crippen molar-refractivity contribution < 1.29 is 4.42 Å². The van der Waals surface area contributed by atoms with Crippen LogP contribution in [0.15, 0.2) is 205 Å². The number of fused-ring (bicyclic) bond motifs is 3. The highest BCUT2D eigenvalue weighted by Crippen LogP contribution is 2.40. The van der Waals surface area contributed by atoms with Crippen LogP contribution >= 0.6 is 0 Å². The van der Waals surface area contributed by atoms with Crippen molar-refractivity contribution in [2.45, 2.75) is 6.92 Å². The van der Waals surface area contributed by atoms with E-state index in [1.165, 1.54) is 40.4 Å². The lowest BCUT2D eigenvalue weighted by Gasteiger charge is -2.14. The fourth-order valence-corrected chi connectivity index (χ4v) is 6.84. The Morgan fingerprint density at radius 1 is 0.426 bits per heavy atom. The first kappa shape index (κ1) is 35.6. The Morgan fingerprint density at radius 3 is 1.61 bits per heavy atom. The van der Waals surface area contributed by atoms with Gasteiger partial charge in [-0.1, -0.05) is 175 Å². The van der Waals surface area contributed by atoms with Crippen molar-refractivity contribution >= 4 is 27.7 Å². The maximum absolute atomic E-state index is 9.06. The van der Waals surface area contributed by atoms with E-state index in [0.29, 0.717) is 5.71 Å². The van der Waals surface area contributed by atoms with E-state index in [-0.39, 0.29) is 0 Å². The normalized spacial score (nSPS) is 10.6. The van der Waals surface area contributed by atoms with Crippen LogP contribution in [0.5, 0.6) is 0 Å². The summed E-state index contributed by atoms with van der Waals surface area (Å²) in [6, 6.07) is 69.2. The molecule has 3 heteroatoms. The second kappa shape index (κ2) is 16.7. The lowest BCUT2D eigenvalue weighted by atomic mass is 9.89. The van der Waals surface area contributed by atoms with Gasteiger partial charge in [-0.3, -0.25) is 5.41 Å². The number of hydrogen-bond donors (Lipinski definition) is 2. The summed E-state index contributed by atoms with van der Waals surface area (Å²) in [5.74, 6) is 0. The molecule has 0 aliphatic heterocycles. The van der Waals surface area contributed by atoms with Crippen LogP contribution in [-0.2, 0) is 0 Å². The Labute approximate surface area is 317 Å². The zero-order valence-electron chi connectivity index (χ0n) is 30.5. The minimum absolute atomic E-state index is 0.487. The van der Waals surface area contributed by atoms with Gasteiger partial charge in [0.1, 0.15) is 11.2 Å². The first-order valence-electron chi connectivity index (χ1n) is 18.2. The molecule has 0 amide bonds. The smallest absolute Gasteiger partial charge is 0.136 e. The van der Waals surface area contributed by atoms with E-state index in [2.05, 4.69) is 146 Å². The van der Waals surface area contributed by atoms with Gasteiger partial charge in [-0.05, 0) is 88.8 Å². The highest BCUT2D eigenvalue weighted by atomic mass is 16.3. The van der Waals surface area contributed by atoms with Crippen molar-refractivity contribution in [3.8, 4) is 44.5 Å². The molecular formula is C51H42N2O. The third-order valence-electron chi connectivity index (χ3n) is 9.49. The van der Waals surface area contributed by atoms with Gasteiger partial charge in [0.15, 0.2) is 0 Å². The third-order valence-corrected chi connectivity index (χ3v) is 9.49. The van der Waals surface area contributed by atoms with Crippen molar-refractivity contribution in [3.05, 3.63) is 217 Å². The molecule has 1 aromatic heterocycles. The molecule has 0 saturated carbocycles. The molecule has 262 valence electrons. The van der Waals surface area contributed by atoms with E-state index in [0.717, 1.165) is 49.8 Å². The second-order valence-corrected chi connectivity index (χ2v) is 13.0. The first-order valence-corrected chi connectivity index (χ1v) is 18.2. The largest absolute Gasteiger partial charge is 0.456 e. The van der Waals surface area contributed by atoms with Crippen LogP contribution in [-0.4, -0.2) is 12.8 Å². The Bertz CT molecular complexity index is 2630. The van der Waals surface area contributed by atoms with Gasteiger partial charge in [-0.25, -0.2) is 0 Å². The summed E-state index contributed by atoms with van der Waals surface area (Å²) < 4.78 is 6.31. The fraction of sp³-hybridized carbons (Fsp3) is 0.0392. The van der Waals surface area contributed by atoms with Crippen LogP contribution in [0.2, 0.25) is 0 Å². The molecule has 0 radical (unpaired) electrons. The maximum Gasteiger partial charge on any atom is 0.136 e. The standard InChI is InChI=1S/C43H29NO.C7H8.CH5N/c44-43(31-16-8-3-9-17-31)37-20-11-21-41-42(37)39-28-35(23-25-40(39)45-41)36-24-22-34(27-38(36)30-14-6-2-7-15-30)33-19-10-18-32(26-33)29-12-4-1-5-13-29;1-7-5-3-2-4-6-7;1-2/h1-28,44H;2-6H,1H3;2H2,1H3. The third kappa shape index (κ3) is 7.68. The Hall–Kier alpha value is -6.81. The summed E-state index contributed by atoms with van der Waals surface area (Å²) in [5, 5.41) is 11.0. The highest BCUT2D eigenvalue weighted by molar-refractivity contribution is 6.23. The molecule has 0 fully saturated rings. The Morgan fingerprint density at radius 2 is 0.963 bits per heavy atom. The van der Waals surface area contributed by atoms with Crippen LogP contribution in [0, 0.1) is 12.3 Å². The van der Waals surface area contributed by atoms with Crippen molar-refractivity contribution in [3.63, 3.8) is 0 Å². The van der Waals surface area contributed by atoms with Gasteiger partial charge in [0.05, 0.1) is 5.71 Å². The molecule has 0 aliphatic rings. The number of nitrogens with two attached hydrogens (primary N) is 1. The Kier molecular flexibility index (Phi) is 11.0. The fourth-order valence-electron chi connectivity index (χ4n) is 6.84. The van der Waals surface area contributed by atoms with Crippen molar-refractivity contribution in [1.82, 2.24) is 0 Å². The molecule has 9 aromatic rings. The molecule has 3 N–H and O–H groups in total. The zero-order valence-corrected chi connectivity index (χ0v) is 30.5. The lowest BCUT2D eigenvalue weighted by molar-refractivity contribution is 0.669. The van der Waals surface area contributed by atoms with E-state index in [4.69, 9.17) is 9.83 Å². The summed E-state index contributed by atoms with van der Waals surface area (Å²) in [6.07, 6.45) is 0. The molecule has 0 aliphatic carbocycles. The summed E-state index contributed by atoms with van der Waals surface area (Å²) in [4.78, 5) is 0. The molecule has 3 nitrogen and oxygen atoms in total. The van der Waals surface area contributed by atoms with Crippen molar-refractivity contribution in [2.75, 3.05) is 7.05 Å². The van der Waals surface area contributed by atoms with E-state index < -0.39 is 0 Å². The van der Waals surface area contributed by atoms with Crippen LogP contribution in [0.25, 0.3) is 66.4 Å². The SMILES string of the molecule is CN.Cc1ccccc1.N=C(c1ccccc1)c1cccc2oc3ccc(-c4ccc(-c5cccc(-c6ccccc6)c5)cc4-c4ccccc4)cc3c12. The molecule has 0 unspecified atom stereocenters. The van der Waals surface area contributed by atoms with Crippen LogP contribution in [0.3, 0.4) is 0 Å². The predicted octanol–water partition coefficient (Wildman–Crippen LogP) is 13.2. The summed E-state index contributed by atoms with van der Waals surface area (Å²) in [7, 11) is 1.50. The molecule has 0 atom stereocenters. The summed E-state index contributed by atoms with van der Waals surface area (Å²) >= 11 is 0. The summed E-state index contributed by atoms with van der Waals surface area (Å²) in [5.41, 5.74) is 19.0. The van der Waals surface area contributed by atoms with Crippen molar-refractivity contribution in [2.24, 2.45) is 5.73 Å². The zero-order chi connectivity index (χ0) is 37.3. The number of aryl methyl sites for hydroxylation is 1. The molecular weight excluding hydrogens is 657 g/mol. The van der Waals surface area contributed by atoms with Gasteiger partial charge in [-0.15, -0.1) is 0 Å². The van der Waals surface area contributed by atoms with Crippen LogP contribution < -0.4 is 5.73 Å². The topological polar surface area (TPSA) is 63.0 Å². The van der Waals surface area contributed by atoms with Crippen molar-refractivity contribution in [1.29, 1.82) is 5.41 Å². The number of nitrogens with one attached hydrogen (secondary N) is 1. The van der Waals surface area contributed by atoms with Crippen LogP contribution in [0.4, 0.5) is 0 Å². The average Bonchev–Trinajstić information content (AvgIpc) is 3.64. The average molecular weight is 699 g/mol. The Balaban J connectivity index is 0.000000446. The van der Waals surface area contributed by atoms with E-state index >= 15 is 0 Å². The van der Waals surface area contributed by atoms with Gasteiger partial charge in [0.25, 0.3) is 0 Å². The minimum Gasteiger partial charge on any atom is -0.456 e. The van der Waals surface area contributed by atoms with E-state index in [9.17, 15) is 0 Å². The highest BCUT2D eigenvalue weighted by Gasteiger charge is 2.17.